The average Bonchev–Trinajstić information content (AvgIpc) is 3.13. The van der Waals surface area contributed by atoms with E-state index >= 15 is 0 Å². The lowest BCUT2D eigenvalue weighted by Crippen LogP contribution is -2.22. The number of nitrogens with zero attached hydrogens (tertiary/aromatic N) is 2. The van der Waals surface area contributed by atoms with Gasteiger partial charge in [-0.1, -0.05) is 73.7 Å². The van der Waals surface area contributed by atoms with Crippen LogP contribution in [0.2, 0.25) is 30.7 Å². The minimum atomic E-state index is -1.20. The number of urea groups is 1. The van der Waals surface area contributed by atoms with Gasteiger partial charge in [0.15, 0.2) is 5.82 Å². The topological polar surface area (TPSA) is 68.2 Å². The van der Waals surface area contributed by atoms with E-state index in [1.54, 1.807) is 4.68 Å². The minimum absolute atomic E-state index is 0.301. The van der Waals surface area contributed by atoms with Crippen molar-refractivity contribution in [2.24, 2.45) is 0 Å². The number of hydrogen-bond acceptors (Lipinski definition) is 3. The number of para-hydroxylation sites is 1. The van der Waals surface area contributed by atoms with Crippen LogP contribution in [0.5, 0.6) is 0 Å². The number of ether oxygens (including phenoxy) is 1. The largest absolute Gasteiger partial charge is 0.360 e. The summed E-state index contributed by atoms with van der Waals surface area (Å²) < 4.78 is 7.76. The average molecular weight is 493 g/mol. The van der Waals surface area contributed by atoms with E-state index in [2.05, 4.69) is 35.4 Å². The maximum atomic E-state index is 12.6. The molecule has 8 heteroatoms. The first-order valence-corrected chi connectivity index (χ1v) is 15.3. The van der Waals surface area contributed by atoms with E-state index in [0.717, 1.165) is 28.1 Å². The summed E-state index contributed by atoms with van der Waals surface area (Å²) in [7, 11) is -1.20. The molecule has 4 rings (SSSR count). The molecule has 2 amide bonds. The summed E-state index contributed by atoms with van der Waals surface area (Å²) in [5.41, 5.74) is 3.48. The summed E-state index contributed by atoms with van der Waals surface area (Å²) in [5.74, 6) is 0.475. The Hall–Kier alpha value is -3.13. The molecular formula is C26H29ClN4O2Si. The van der Waals surface area contributed by atoms with E-state index in [-0.39, 0.29) is 6.03 Å². The molecule has 0 atom stereocenters. The van der Waals surface area contributed by atoms with Crippen molar-refractivity contribution in [3.05, 3.63) is 77.8 Å². The van der Waals surface area contributed by atoms with Crippen molar-refractivity contribution in [2.75, 3.05) is 17.2 Å². The maximum absolute atomic E-state index is 12.6. The number of benzene rings is 3. The normalized spacial score (nSPS) is 11.5. The summed E-state index contributed by atoms with van der Waals surface area (Å²) in [6.07, 6.45) is 0. The molecule has 6 nitrogen and oxygen atoms in total. The zero-order valence-corrected chi connectivity index (χ0v) is 21.4. The van der Waals surface area contributed by atoms with Crippen LogP contribution in [0.3, 0.4) is 0 Å². The maximum Gasteiger partial charge on any atom is 0.324 e. The predicted octanol–water partition coefficient (Wildman–Crippen LogP) is 7.31. The molecule has 34 heavy (non-hydrogen) atoms. The lowest BCUT2D eigenvalue weighted by molar-refractivity contribution is 0.0819. The number of aromatic nitrogens is 2. The number of nitrogens with one attached hydrogen (secondary N) is 2. The van der Waals surface area contributed by atoms with Gasteiger partial charge in [0.05, 0.1) is 5.52 Å². The molecule has 0 radical (unpaired) electrons. The highest BCUT2D eigenvalue weighted by Gasteiger charge is 2.16. The molecule has 0 fully saturated rings. The molecule has 3 aromatic carbocycles. The van der Waals surface area contributed by atoms with Crippen LogP contribution in [0.1, 0.15) is 0 Å². The van der Waals surface area contributed by atoms with Crippen molar-refractivity contribution in [1.82, 2.24) is 9.78 Å². The third kappa shape index (κ3) is 6.05. The van der Waals surface area contributed by atoms with E-state index in [1.165, 1.54) is 0 Å². The van der Waals surface area contributed by atoms with Crippen molar-refractivity contribution in [2.45, 2.75) is 32.4 Å². The van der Waals surface area contributed by atoms with Crippen LogP contribution in [0, 0.1) is 0 Å². The first-order valence-electron chi connectivity index (χ1n) is 11.3. The molecule has 0 unspecified atom stereocenters. The fourth-order valence-electron chi connectivity index (χ4n) is 3.55. The van der Waals surface area contributed by atoms with Gasteiger partial charge in [-0.3, -0.25) is 5.32 Å². The SMILES string of the molecule is C[Si](C)(C)CCOCn1nc(NC(=O)Nc2ccccc2)c2ccc(-c3ccccc3Cl)cc21. The number of amides is 2. The second-order valence-corrected chi connectivity index (χ2v) is 15.4. The van der Waals surface area contributed by atoms with Gasteiger partial charge in [0.1, 0.15) is 6.73 Å². The lowest BCUT2D eigenvalue weighted by atomic mass is 10.0. The summed E-state index contributed by atoms with van der Waals surface area (Å²) >= 11 is 6.44. The minimum Gasteiger partial charge on any atom is -0.360 e. The lowest BCUT2D eigenvalue weighted by Gasteiger charge is -2.15. The Bertz CT molecular complexity index is 1290. The molecule has 2 N–H and O–H groups in total. The second-order valence-electron chi connectivity index (χ2n) is 9.35. The Morgan fingerprint density at radius 1 is 1.00 bits per heavy atom. The monoisotopic (exact) mass is 492 g/mol. The quantitative estimate of drug-likeness (QED) is 0.200. The molecular weight excluding hydrogens is 464 g/mol. The highest BCUT2D eigenvalue weighted by molar-refractivity contribution is 6.76. The van der Waals surface area contributed by atoms with Crippen LogP contribution < -0.4 is 10.6 Å². The first-order chi connectivity index (χ1) is 16.3. The summed E-state index contributed by atoms with van der Waals surface area (Å²) in [5, 5.41) is 11.9. The Balaban J connectivity index is 1.62. The van der Waals surface area contributed by atoms with E-state index in [4.69, 9.17) is 16.3 Å². The van der Waals surface area contributed by atoms with E-state index in [1.807, 2.05) is 72.8 Å². The predicted molar refractivity (Wildman–Crippen MR) is 143 cm³/mol. The number of hydrogen-bond donors (Lipinski definition) is 2. The van der Waals surface area contributed by atoms with Crippen LogP contribution in [0.15, 0.2) is 72.8 Å². The Kier molecular flexibility index (Phi) is 7.36. The smallest absolute Gasteiger partial charge is 0.324 e. The van der Waals surface area contributed by atoms with Crippen LogP contribution >= 0.6 is 11.6 Å². The number of carbonyl (C=O) groups is 1. The molecule has 0 bridgehead atoms. The fraction of sp³-hybridized carbons (Fsp3) is 0.231. The molecule has 0 aliphatic carbocycles. The molecule has 0 saturated heterocycles. The Morgan fingerprint density at radius 2 is 1.74 bits per heavy atom. The van der Waals surface area contributed by atoms with Crippen LogP contribution in [0.4, 0.5) is 16.3 Å². The summed E-state index contributed by atoms with van der Waals surface area (Å²) in [6.45, 7) is 7.95. The number of carbonyl (C=O) groups excluding carboxylic acids is 1. The van der Waals surface area contributed by atoms with Gasteiger partial charge in [-0.05, 0) is 41.9 Å². The molecule has 176 valence electrons. The summed E-state index contributed by atoms with van der Waals surface area (Å²) in [4.78, 5) is 12.6. The van der Waals surface area contributed by atoms with Gasteiger partial charge in [0.25, 0.3) is 0 Å². The van der Waals surface area contributed by atoms with Gasteiger partial charge in [-0.2, -0.15) is 5.10 Å². The third-order valence-electron chi connectivity index (χ3n) is 5.41. The van der Waals surface area contributed by atoms with Gasteiger partial charge in [0, 0.05) is 36.3 Å². The van der Waals surface area contributed by atoms with E-state index < -0.39 is 8.07 Å². The molecule has 0 aliphatic rings. The van der Waals surface area contributed by atoms with Crippen molar-refractivity contribution in [3.63, 3.8) is 0 Å². The highest BCUT2D eigenvalue weighted by atomic mass is 35.5. The third-order valence-corrected chi connectivity index (χ3v) is 7.44. The van der Waals surface area contributed by atoms with Gasteiger partial charge >= 0.3 is 6.03 Å². The number of fused-ring (bicyclic) bond motifs is 1. The van der Waals surface area contributed by atoms with E-state index in [9.17, 15) is 4.79 Å². The molecule has 1 aromatic heterocycles. The van der Waals surface area contributed by atoms with Crippen molar-refractivity contribution in [3.8, 4) is 11.1 Å². The van der Waals surface area contributed by atoms with Gasteiger partial charge < -0.3 is 10.1 Å². The number of halogens is 1. The van der Waals surface area contributed by atoms with Crippen molar-refractivity contribution in [1.29, 1.82) is 0 Å². The summed E-state index contributed by atoms with van der Waals surface area (Å²) in [6, 6.07) is 23.7. The van der Waals surface area contributed by atoms with Crippen molar-refractivity contribution < 1.29 is 9.53 Å². The zero-order chi connectivity index (χ0) is 24.1. The van der Waals surface area contributed by atoms with Gasteiger partial charge in [-0.15, -0.1) is 0 Å². The van der Waals surface area contributed by atoms with Crippen molar-refractivity contribution >= 4 is 48.1 Å². The molecule has 0 saturated carbocycles. The molecule has 1 heterocycles. The fourth-order valence-corrected chi connectivity index (χ4v) is 4.55. The molecule has 4 aromatic rings. The Labute approximate surface area is 205 Å². The Morgan fingerprint density at radius 3 is 2.47 bits per heavy atom. The zero-order valence-electron chi connectivity index (χ0n) is 19.6. The van der Waals surface area contributed by atoms with Gasteiger partial charge in [0.2, 0.25) is 0 Å². The number of anilines is 2. The van der Waals surface area contributed by atoms with Gasteiger partial charge in [-0.25, -0.2) is 9.48 Å². The van der Waals surface area contributed by atoms with Crippen LogP contribution in [-0.2, 0) is 11.5 Å². The molecule has 0 spiro atoms. The standard InChI is InChI=1S/C26H29ClN4O2Si/c1-34(2,3)16-15-33-18-31-24-17-19(21-11-7-8-12-23(21)27)13-14-22(24)25(30-31)29-26(32)28-20-9-5-4-6-10-20/h4-14,17H,15-16,18H2,1-3H3,(H2,28,29,30,32). The van der Waals surface area contributed by atoms with Crippen LogP contribution in [0.25, 0.3) is 22.0 Å². The first kappa shape index (κ1) is 24.0. The highest BCUT2D eigenvalue weighted by Crippen LogP contribution is 2.32. The van der Waals surface area contributed by atoms with Crippen LogP contribution in [-0.4, -0.2) is 30.5 Å². The van der Waals surface area contributed by atoms with E-state index in [0.29, 0.717) is 29.9 Å². The second kappa shape index (κ2) is 10.4. The number of rotatable bonds is 8. The molecule has 0 aliphatic heterocycles.